The van der Waals surface area contributed by atoms with Gasteiger partial charge in [0.25, 0.3) is 0 Å². The number of nitrogens with one attached hydrogen (secondary N) is 1. The Labute approximate surface area is 119 Å². The van der Waals surface area contributed by atoms with Gasteiger partial charge in [-0.2, -0.15) is 0 Å². The zero-order valence-electron chi connectivity index (χ0n) is 11.6. The molecule has 3 N–H and O–H groups in total. The molecule has 0 aliphatic carbocycles. The number of nitrogens with two attached hydrogens (primary N) is 1. The van der Waals surface area contributed by atoms with Gasteiger partial charge in [-0.25, -0.2) is 0 Å². The molecule has 0 atom stereocenters. The van der Waals surface area contributed by atoms with E-state index < -0.39 is 0 Å². The number of rotatable bonds is 3. The van der Waals surface area contributed by atoms with Gasteiger partial charge in [-0.3, -0.25) is 0 Å². The lowest BCUT2D eigenvalue weighted by atomic mass is 10.0. The van der Waals surface area contributed by atoms with Crippen LogP contribution in [0.3, 0.4) is 0 Å². The molecule has 0 aliphatic heterocycles. The van der Waals surface area contributed by atoms with E-state index in [1.165, 1.54) is 21.9 Å². The quantitative estimate of drug-likeness (QED) is 0.689. The van der Waals surface area contributed by atoms with Crippen molar-refractivity contribution in [2.45, 2.75) is 13.5 Å². The molecule has 2 nitrogen and oxygen atoms in total. The molecular formula is C18H18N2. The molecule has 2 heteroatoms. The summed E-state index contributed by atoms with van der Waals surface area (Å²) in [5, 5.41) is 5.99. The van der Waals surface area contributed by atoms with Gasteiger partial charge >= 0.3 is 0 Å². The zero-order chi connectivity index (χ0) is 13.9. The highest BCUT2D eigenvalue weighted by molar-refractivity contribution is 5.86. The number of anilines is 2. The van der Waals surface area contributed by atoms with Crippen LogP contribution in [0.5, 0.6) is 0 Å². The van der Waals surface area contributed by atoms with E-state index in [0.717, 1.165) is 17.9 Å². The number of hydrogen-bond acceptors (Lipinski definition) is 2. The number of aryl methyl sites for hydroxylation is 1. The Morgan fingerprint density at radius 2 is 1.75 bits per heavy atom. The number of benzene rings is 3. The summed E-state index contributed by atoms with van der Waals surface area (Å²) in [7, 11) is 0. The molecule has 0 heterocycles. The van der Waals surface area contributed by atoms with Crippen LogP contribution in [0, 0.1) is 6.92 Å². The predicted molar refractivity (Wildman–Crippen MR) is 86.9 cm³/mol. The molecular weight excluding hydrogens is 244 g/mol. The van der Waals surface area contributed by atoms with Gasteiger partial charge in [-0.15, -0.1) is 0 Å². The summed E-state index contributed by atoms with van der Waals surface area (Å²) in [5.74, 6) is 0. The third-order valence-corrected chi connectivity index (χ3v) is 3.56. The molecule has 3 rings (SSSR count). The van der Waals surface area contributed by atoms with Gasteiger partial charge in [0.15, 0.2) is 0 Å². The Kier molecular flexibility index (Phi) is 3.30. The molecule has 0 unspecified atom stereocenters. The number of hydrogen-bond donors (Lipinski definition) is 2. The van der Waals surface area contributed by atoms with Crippen molar-refractivity contribution in [3.63, 3.8) is 0 Å². The molecule has 0 saturated carbocycles. The van der Waals surface area contributed by atoms with Crippen molar-refractivity contribution in [3.8, 4) is 0 Å². The van der Waals surface area contributed by atoms with Crippen LogP contribution >= 0.6 is 0 Å². The first-order valence-electron chi connectivity index (χ1n) is 6.81. The highest BCUT2D eigenvalue weighted by Crippen LogP contribution is 2.23. The second-order valence-corrected chi connectivity index (χ2v) is 5.08. The highest BCUT2D eigenvalue weighted by Gasteiger charge is 2.02. The van der Waals surface area contributed by atoms with Crippen LogP contribution in [0.15, 0.2) is 60.7 Å². The minimum Gasteiger partial charge on any atom is -0.397 e. The molecule has 3 aromatic carbocycles. The van der Waals surface area contributed by atoms with Gasteiger partial charge < -0.3 is 11.1 Å². The Hall–Kier alpha value is -2.48. The van der Waals surface area contributed by atoms with Crippen molar-refractivity contribution in [2.75, 3.05) is 11.1 Å². The van der Waals surface area contributed by atoms with E-state index >= 15 is 0 Å². The fraction of sp³-hybridized carbons (Fsp3) is 0.111. The lowest BCUT2D eigenvalue weighted by Crippen LogP contribution is -2.03. The fourth-order valence-corrected chi connectivity index (χ4v) is 2.46. The summed E-state index contributed by atoms with van der Waals surface area (Å²) >= 11 is 0. The maximum atomic E-state index is 6.00. The lowest BCUT2D eigenvalue weighted by Gasteiger charge is -2.12. The molecule has 0 saturated heterocycles. The van der Waals surface area contributed by atoms with E-state index in [1.54, 1.807) is 0 Å². The van der Waals surface area contributed by atoms with E-state index in [0.29, 0.717) is 0 Å². The van der Waals surface area contributed by atoms with Crippen LogP contribution in [-0.4, -0.2) is 0 Å². The van der Waals surface area contributed by atoms with E-state index in [-0.39, 0.29) is 0 Å². The standard InChI is InChI=1S/C18H18N2/c1-13-9-10-17(19)18(11-13)20-12-15-7-4-6-14-5-2-3-8-16(14)15/h2-11,20H,12,19H2,1H3. The van der Waals surface area contributed by atoms with Crippen LogP contribution in [0.4, 0.5) is 11.4 Å². The summed E-state index contributed by atoms with van der Waals surface area (Å²) in [6.45, 7) is 2.84. The third kappa shape index (κ3) is 2.45. The molecule has 3 aromatic rings. The van der Waals surface area contributed by atoms with Gasteiger partial charge in [0.2, 0.25) is 0 Å². The van der Waals surface area contributed by atoms with Gasteiger partial charge in [0, 0.05) is 6.54 Å². The van der Waals surface area contributed by atoms with Crippen molar-refractivity contribution in [2.24, 2.45) is 0 Å². The van der Waals surface area contributed by atoms with Crippen LogP contribution in [0.1, 0.15) is 11.1 Å². The lowest BCUT2D eigenvalue weighted by molar-refractivity contribution is 1.17. The first kappa shape index (κ1) is 12.5. The number of fused-ring (bicyclic) bond motifs is 1. The molecule has 100 valence electrons. The summed E-state index contributed by atoms with van der Waals surface area (Å²) < 4.78 is 0. The summed E-state index contributed by atoms with van der Waals surface area (Å²) in [6.07, 6.45) is 0. The molecule has 20 heavy (non-hydrogen) atoms. The molecule has 0 bridgehead atoms. The Morgan fingerprint density at radius 1 is 0.950 bits per heavy atom. The van der Waals surface area contributed by atoms with E-state index in [9.17, 15) is 0 Å². The average molecular weight is 262 g/mol. The number of nitrogen functional groups attached to an aromatic ring is 1. The van der Waals surface area contributed by atoms with Crippen molar-refractivity contribution < 1.29 is 0 Å². The van der Waals surface area contributed by atoms with E-state index in [1.807, 2.05) is 12.1 Å². The topological polar surface area (TPSA) is 38.0 Å². The smallest absolute Gasteiger partial charge is 0.0579 e. The van der Waals surface area contributed by atoms with Gasteiger partial charge in [-0.1, -0.05) is 48.5 Å². The molecule has 0 aromatic heterocycles. The second kappa shape index (κ2) is 5.25. The van der Waals surface area contributed by atoms with E-state index in [4.69, 9.17) is 5.73 Å². The van der Waals surface area contributed by atoms with Crippen LogP contribution in [-0.2, 0) is 6.54 Å². The van der Waals surface area contributed by atoms with Crippen molar-refractivity contribution in [1.82, 2.24) is 0 Å². The summed E-state index contributed by atoms with van der Waals surface area (Å²) in [5.41, 5.74) is 10.3. The minimum atomic E-state index is 0.773. The molecule has 0 aliphatic rings. The van der Waals surface area contributed by atoms with Crippen molar-refractivity contribution >= 4 is 22.1 Å². The minimum absolute atomic E-state index is 0.773. The van der Waals surface area contributed by atoms with Gasteiger partial charge in [0.05, 0.1) is 11.4 Å². The third-order valence-electron chi connectivity index (χ3n) is 3.56. The molecule has 0 spiro atoms. The Bertz CT molecular complexity index is 742. The Balaban J connectivity index is 1.89. The van der Waals surface area contributed by atoms with Crippen molar-refractivity contribution in [3.05, 3.63) is 71.8 Å². The van der Waals surface area contributed by atoms with Crippen molar-refractivity contribution in [1.29, 1.82) is 0 Å². The first-order valence-corrected chi connectivity index (χ1v) is 6.81. The molecule has 0 fully saturated rings. The zero-order valence-corrected chi connectivity index (χ0v) is 11.6. The first-order chi connectivity index (χ1) is 9.74. The normalized spacial score (nSPS) is 10.7. The SMILES string of the molecule is Cc1ccc(N)c(NCc2cccc3ccccc23)c1. The molecule has 0 amide bonds. The van der Waals surface area contributed by atoms with Gasteiger partial charge in [0.1, 0.15) is 0 Å². The second-order valence-electron chi connectivity index (χ2n) is 5.08. The maximum Gasteiger partial charge on any atom is 0.0579 e. The predicted octanol–water partition coefficient (Wildman–Crippen LogP) is 4.34. The van der Waals surface area contributed by atoms with Crippen LogP contribution < -0.4 is 11.1 Å². The maximum absolute atomic E-state index is 6.00. The Morgan fingerprint density at radius 3 is 2.65 bits per heavy atom. The van der Waals surface area contributed by atoms with Gasteiger partial charge in [-0.05, 0) is 41.0 Å². The molecule has 0 radical (unpaired) electrons. The van der Waals surface area contributed by atoms with Crippen LogP contribution in [0.25, 0.3) is 10.8 Å². The highest BCUT2D eigenvalue weighted by atomic mass is 14.9. The summed E-state index contributed by atoms with van der Waals surface area (Å²) in [6, 6.07) is 20.9. The van der Waals surface area contributed by atoms with Crippen LogP contribution in [0.2, 0.25) is 0 Å². The average Bonchev–Trinajstić information content (AvgIpc) is 2.48. The fourth-order valence-electron chi connectivity index (χ4n) is 2.46. The monoisotopic (exact) mass is 262 g/mol. The van der Waals surface area contributed by atoms with E-state index in [2.05, 4.69) is 60.8 Å². The largest absolute Gasteiger partial charge is 0.397 e. The summed E-state index contributed by atoms with van der Waals surface area (Å²) in [4.78, 5) is 0.